The van der Waals surface area contributed by atoms with Crippen LogP contribution in [0.25, 0.3) is 0 Å². The lowest BCUT2D eigenvalue weighted by molar-refractivity contribution is -0.254. The average molecular weight is 156 g/mol. The highest BCUT2D eigenvalue weighted by atomic mass is 16.7. The number of rotatable bonds is 0. The highest BCUT2D eigenvalue weighted by molar-refractivity contribution is 5.23. The molecule has 62 valence electrons. The van der Waals surface area contributed by atoms with E-state index >= 15 is 0 Å². The van der Waals surface area contributed by atoms with E-state index < -0.39 is 6.10 Å². The lowest BCUT2D eigenvalue weighted by Crippen LogP contribution is -2.66. The number of fused-ring (bicyclic) bond motifs is 1. The minimum atomic E-state index is -0.419. The molecule has 2 bridgehead atoms. The molecular weight excluding hydrogens is 144 g/mol. The fourth-order valence-electron chi connectivity index (χ4n) is 2.73. The van der Waals surface area contributed by atoms with Gasteiger partial charge < -0.3 is 14.6 Å². The van der Waals surface area contributed by atoms with Gasteiger partial charge in [-0.1, -0.05) is 0 Å². The Morgan fingerprint density at radius 3 is 2.45 bits per heavy atom. The van der Waals surface area contributed by atoms with Crippen molar-refractivity contribution in [2.24, 2.45) is 0 Å². The zero-order valence-corrected chi connectivity index (χ0v) is 6.70. The van der Waals surface area contributed by atoms with Crippen LogP contribution in [0, 0.1) is 0 Å². The van der Waals surface area contributed by atoms with Gasteiger partial charge in [0.05, 0.1) is 11.7 Å². The molecule has 0 radical (unpaired) electrons. The molecule has 1 N–H and O–H groups in total. The first-order chi connectivity index (χ1) is 5.06. The maximum atomic E-state index is 9.70. The summed E-state index contributed by atoms with van der Waals surface area (Å²) in [4.78, 5) is 0. The van der Waals surface area contributed by atoms with Crippen molar-refractivity contribution in [2.45, 2.75) is 49.8 Å². The first-order valence-corrected chi connectivity index (χ1v) is 4.10. The first-order valence-electron chi connectivity index (χ1n) is 4.10. The van der Waals surface area contributed by atoms with Crippen molar-refractivity contribution in [1.82, 2.24) is 0 Å². The summed E-state index contributed by atoms with van der Waals surface area (Å²) in [5, 5.41) is 9.70. The Balaban J connectivity index is 2.09. The molecule has 0 saturated carbocycles. The lowest BCUT2D eigenvalue weighted by atomic mass is 9.72. The van der Waals surface area contributed by atoms with Crippen molar-refractivity contribution in [3.8, 4) is 0 Å². The Morgan fingerprint density at radius 1 is 1.45 bits per heavy atom. The number of ether oxygens (including phenoxy) is 2. The summed E-state index contributed by atoms with van der Waals surface area (Å²) < 4.78 is 11.2. The summed E-state index contributed by atoms with van der Waals surface area (Å²) >= 11 is 0. The highest BCUT2D eigenvalue weighted by Gasteiger charge is 2.75. The second kappa shape index (κ2) is 1.37. The molecule has 3 rings (SSSR count). The standard InChI is InChI=1S/C8H12O3/c1-7-3-4-8(2,11-7)6(10-4)5(7)9/h4-6,9H,3H2,1-2H3. The Kier molecular flexibility index (Phi) is 0.795. The summed E-state index contributed by atoms with van der Waals surface area (Å²) in [7, 11) is 0. The quantitative estimate of drug-likeness (QED) is 0.539. The summed E-state index contributed by atoms with van der Waals surface area (Å²) in [5.41, 5.74) is -0.490. The van der Waals surface area contributed by atoms with Crippen LogP contribution in [-0.4, -0.2) is 34.6 Å². The number of hydrogen-bond acceptors (Lipinski definition) is 3. The Morgan fingerprint density at radius 2 is 2.18 bits per heavy atom. The van der Waals surface area contributed by atoms with Crippen molar-refractivity contribution < 1.29 is 14.6 Å². The first kappa shape index (κ1) is 6.40. The van der Waals surface area contributed by atoms with Crippen molar-refractivity contribution in [1.29, 1.82) is 0 Å². The van der Waals surface area contributed by atoms with Gasteiger partial charge in [0.1, 0.15) is 17.8 Å². The SMILES string of the molecule is CC12CC3OC(C1O)C3(C)O2. The van der Waals surface area contributed by atoms with Gasteiger partial charge in [-0.25, -0.2) is 0 Å². The van der Waals surface area contributed by atoms with Gasteiger partial charge in [0.15, 0.2) is 0 Å². The van der Waals surface area contributed by atoms with Gasteiger partial charge in [0.25, 0.3) is 0 Å². The van der Waals surface area contributed by atoms with Crippen LogP contribution in [0.4, 0.5) is 0 Å². The number of aliphatic hydroxyl groups is 1. The van der Waals surface area contributed by atoms with Crippen LogP contribution in [-0.2, 0) is 9.47 Å². The third-order valence-electron chi connectivity index (χ3n) is 3.47. The van der Waals surface area contributed by atoms with Crippen molar-refractivity contribution in [3.05, 3.63) is 0 Å². The van der Waals surface area contributed by atoms with Gasteiger partial charge in [0, 0.05) is 6.42 Å². The molecule has 0 aromatic rings. The summed E-state index contributed by atoms with van der Waals surface area (Å²) in [6.07, 6.45) is 0.603. The molecule has 0 aliphatic carbocycles. The van der Waals surface area contributed by atoms with Gasteiger partial charge in [-0.2, -0.15) is 0 Å². The molecule has 0 aromatic carbocycles. The van der Waals surface area contributed by atoms with Crippen LogP contribution >= 0.6 is 0 Å². The maximum absolute atomic E-state index is 9.70. The highest BCUT2D eigenvalue weighted by Crippen LogP contribution is 2.59. The molecule has 0 amide bonds. The minimum absolute atomic E-state index is 0.0637. The van der Waals surface area contributed by atoms with Crippen LogP contribution < -0.4 is 0 Å². The molecule has 3 heterocycles. The van der Waals surface area contributed by atoms with Gasteiger partial charge in [-0.15, -0.1) is 0 Å². The average Bonchev–Trinajstić information content (AvgIpc) is 2.17. The van der Waals surface area contributed by atoms with Crippen molar-refractivity contribution in [2.75, 3.05) is 0 Å². The van der Waals surface area contributed by atoms with Crippen molar-refractivity contribution in [3.63, 3.8) is 0 Å². The third-order valence-corrected chi connectivity index (χ3v) is 3.47. The zero-order chi connectivity index (χ0) is 7.85. The molecule has 5 atom stereocenters. The van der Waals surface area contributed by atoms with E-state index in [1.54, 1.807) is 0 Å². The zero-order valence-electron chi connectivity index (χ0n) is 6.70. The summed E-state index contributed by atoms with van der Waals surface area (Å²) in [6.45, 7) is 4.01. The third kappa shape index (κ3) is 0.451. The molecule has 5 unspecified atom stereocenters. The molecule has 0 aromatic heterocycles. The van der Waals surface area contributed by atoms with E-state index in [0.717, 1.165) is 6.42 Å². The van der Waals surface area contributed by atoms with Crippen LogP contribution in [0.5, 0.6) is 0 Å². The molecule has 3 heteroatoms. The Hall–Kier alpha value is -0.120. The fraction of sp³-hybridized carbons (Fsp3) is 1.00. The lowest BCUT2D eigenvalue weighted by Gasteiger charge is -2.49. The predicted molar refractivity (Wildman–Crippen MR) is 37.2 cm³/mol. The largest absolute Gasteiger partial charge is 0.387 e. The molecule has 11 heavy (non-hydrogen) atoms. The van der Waals surface area contributed by atoms with Crippen LogP contribution in [0.15, 0.2) is 0 Å². The summed E-state index contributed by atoms with van der Waals surface area (Å²) in [6, 6.07) is 0. The molecule has 3 saturated heterocycles. The molecular formula is C8H12O3. The monoisotopic (exact) mass is 156 g/mol. The minimum Gasteiger partial charge on any atom is -0.387 e. The van der Waals surface area contributed by atoms with E-state index in [9.17, 15) is 5.11 Å². The molecule has 3 aliphatic rings. The maximum Gasteiger partial charge on any atom is 0.121 e. The van der Waals surface area contributed by atoms with E-state index in [1.165, 1.54) is 0 Å². The van der Waals surface area contributed by atoms with Gasteiger partial charge in [-0.05, 0) is 13.8 Å². The van der Waals surface area contributed by atoms with Gasteiger partial charge in [-0.3, -0.25) is 0 Å². The number of hydrogen-bond donors (Lipinski definition) is 1. The van der Waals surface area contributed by atoms with E-state index in [0.29, 0.717) is 0 Å². The van der Waals surface area contributed by atoms with Crippen LogP contribution in [0.2, 0.25) is 0 Å². The predicted octanol–water partition coefficient (Wildman–Crippen LogP) is 0.0660. The van der Waals surface area contributed by atoms with Crippen LogP contribution in [0.1, 0.15) is 20.3 Å². The van der Waals surface area contributed by atoms with E-state index in [4.69, 9.17) is 9.47 Å². The molecule has 3 nitrogen and oxygen atoms in total. The van der Waals surface area contributed by atoms with Crippen LogP contribution in [0.3, 0.4) is 0 Å². The number of aliphatic hydroxyl groups excluding tert-OH is 1. The van der Waals surface area contributed by atoms with Gasteiger partial charge >= 0.3 is 0 Å². The second-order valence-electron chi connectivity index (χ2n) is 4.29. The molecule has 3 aliphatic heterocycles. The topological polar surface area (TPSA) is 38.7 Å². The smallest absolute Gasteiger partial charge is 0.121 e. The Labute approximate surface area is 65.3 Å². The Bertz CT molecular complexity index is 221. The normalized spacial score (nSPS) is 71.7. The second-order valence-corrected chi connectivity index (χ2v) is 4.29. The van der Waals surface area contributed by atoms with Crippen molar-refractivity contribution >= 4 is 0 Å². The van der Waals surface area contributed by atoms with E-state index in [2.05, 4.69) is 0 Å². The van der Waals surface area contributed by atoms with E-state index in [1.807, 2.05) is 13.8 Å². The van der Waals surface area contributed by atoms with Gasteiger partial charge in [0.2, 0.25) is 0 Å². The fourth-order valence-corrected chi connectivity index (χ4v) is 2.73. The molecule has 3 fully saturated rings. The van der Waals surface area contributed by atoms with E-state index in [-0.39, 0.29) is 23.4 Å². The summed E-state index contributed by atoms with van der Waals surface area (Å²) in [5.74, 6) is 0. The molecule has 0 spiro atoms.